The number of benzene rings is 2. The maximum Gasteiger partial charge on any atom is 0.0428 e. The van der Waals surface area contributed by atoms with Gasteiger partial charge in [0.15, 0.2) is 0 Å². The monoisotopic (exact) mass is 200 g/mol. The molecule has 2 nitrogen and oxygen atoms in total. The molecule has 0 aromatic heterocycles. The first-order valence-electron chi connectivity index (χ1n) is 5.18. The Morgan fingerprint density at radius 3 is 2.60 bits per heavy atom. The van der Waals surface area contributed by atoms with Crippen molar-refractivity contribution in [3.63, 3.8) is 0 Å². The Morgan fingerprint density at radius 2 is 1.87 bits per heavy atom. The van der Waals surface area contributed by atoms with Crippen molar-refractivity contribution in [2.45, 2.75) is 13.0 Å². The first-order valence-corrected chi connectivity index (χ1v) is 5.18. The van der Waals surface area contributed by atoms with Gasteiger partial charge in [-0.2, -0.15) is 0 Å². The maximum atomic E-state index is 6.04. The molecular weight excluding hydrogens is 184 g/mol. The smallest absolute Gasteiger partial charge is 0.0428 e. The predicted molar refractivity (Wildman–Crippen MR) is 64.7 cm³/mol. The lowest BCUT2D eigenvalue weighted by atomic mass is 9.95. The highest BCUT2D eigenvalue weighted by molar-refractivity contribution is 5.87. The van der Waals surface area contributed by atoms with Gasteiger partial charge in [-0.3, -0.25) is 0 Å². The summed E-state index contributed by atoms with van der Waals surface area (Å²) in [5, 5.41) is 2.44. The molecule has 2 aromatic carbocycles. The van der Waals surface area contributed by atoms with E-state index in [1.807, 2.05) is 12.1 Å². The summed E-state index contributed by atoms with van der Waals surface area (Å²) in [6.45, 7) is 2.56. The van der Waals surface area contributed by atoms with E-state index < -0.39 is 0 Å². The third-order valence-electron chi connectivity index (χ3n) is 2.81. The van der Waals surface area contributed by atoms with Crippen LogP contribution in [0.1, 0.15) is 17.2 Å². The SMILES string of the molecule is Cc1ccc2ccccc2c1[C@H](N)CN. The molecule has 0 aliphatic rings. The van der Waals surface area contributed by atoms with E-state index in [9.17, 15) is 0 Å². The summed E-state index contributed by atoms with van der Waals surface area (Å²) in [6, 6.07) is 12.4. The molecular formula is C13H16N2. The molecule has 0 saturated heterocycles. The fourth-order valence-electron chi connectivity index (χ4n) is 2.01. The van der Waals surface area contributed by atoms with Gasteiger partial charge in [0.05, 0.1) is 0 Å². The summed E-state index contributed by atoms with van der Waals surface area (Å²) >= 11 is 0. The molecule has 0 fully saturated rings. The number of fused-ring (bicyclic) bond motifs is 1. The molecule has 4 N–H and O–H groups in total. The fraction of sp³-hybridized carbons (Fsp3) is 0.231. The van der Waals surface area contributed by atoms with Crippen LogP contribution in [-0.4, -0.2) is 6.54 Å². The Morgan fingerprint density at radius 1 is 1.13 bits per heavy atom. The van der Waals surface area contributed by atoms with Crippen molar-refractivity contribution >= 4 is 10.8 Å². The average molecular weight is 200 g/mol. The van der Waals surface area contributed by atoms with Crippen molar-refractivity contribution < 1.29 is 0 Å². The van der Waals surface area contributed by atoms with Crippen molar-refractivity contribution in [3.8, 4) is 0 Å². The second-order valence-electron chi connectivity index (χ2n) is 3.86. The molecule has 0 saturated carbocycles. The molecule has 2 aromatic rings. The Balaban J connectivity index is 2.74. The number of nitrogens with two attached hydrogens (primary N) is 2. The number of hydrogen-bond donors (Lipinski definition) is 2. The molecule has 2 rings (SSSR count). The second kappa shape index (κ2) is 4.01. The Bertz CT molecular complexity index is 477. The Hall–Kier alpha value is -1.38. The van der Waals surface area contributed by atoms with Crippen LogP contribution in [0.4, 0.5) is 0 Å². The summed E-state index contributed by atoms with van der Waals surface area (Å²) in [5.74, 6) is 0. The number of aryl methyl sites for hydroxylation is 1. The minimum Gasteiger partial charge on any atom is -0.329 e. The molecule has 0 amide bonds. The highest BCUT2D eigenvalue weighted by Gasteiger charge is 2.10. The molecule has 0 aliphatic heterocycles. The normalized spacial score (nSPS) is 13.0. The standard InChI is InChI=1S/C13H16N2/c1-9-6-7-10-4-2-3-5-11(10)13(9)12(15)8-14/h2-7,12H,8,14-15H2,1H3/t12-/m1/s1. The predicted octanol–water partition coefficient (Wildman–Crippen LogP) is 2.11. The summed E-state index contributed by atoms with van der Waals surface area (Å²) in [6.07, 6.45) is 0. The first kappa shape index (κ1) is 10.1. The fourth-order valence-corrected chi connectivity index (χ4v) is 2.01. The van der Waals surface area contributed by atoms with E-state index in [2.05, 4.69) is 31.2 Å². The van der Waals surface area contributed by atoms with Crippen LogP contribution in [0.3, 0.4) is 0 Å². The number of rotatable bonds is 2. The van der Waals surface area contributed by atoms with E-state index in [0.29, 0.717) is 6.54 Å². The Kier molecular flexibility index (Phi) is 2.71. The third kappa shape index (κ3) is 1.74. The quantitative estimate of drug-likeness (QED) is 0.780. The van der Waals surface area contributed by atoms with Crippen LogP contribution in [0.2, 0.25) is 0 Å². The minimum atomic E-state index is -0.0731. The van der Waals surface area contributed by atoms with Crippen LogP contribution in [0.5, 0.6) is 0 Å². The van der Waals surface area contributed by atoms with Gasteiger partial charge in [0, 0.05) is 12.6 Å². The molecule has 0 unspecified atom stereocenters. The first-order chi connectivity index (χ1) is 7.24. The lowest BCUT2D eigenvalue weighted by Crippen LogP contribution is -2.21. The molecule has 0 bridgehead atoms. The maximum absolute atomic E-state index is 6.04. The molecule has 1 atom stereocenters. The summed E-state index contributed by atoms with van der Waals surface area (Å²) in [5.41, 5.74) is 14.1. The highest BCUT2D eigenvalue weighted by atomic mass is 14.7. The van der Waals surface area contributed by atoms with Gasteiger partial charge in [-0.05, 0) is 28.8 Å². The molecule has 15 heavy (non-hydrogen) atoms. The van der Waals surface area contributed by atoms with Crippen LogP contribution in [0.15, 0.2) is 36.4 Å². The van der Waals surface area contributed by atoms with Gasteiger partial charge >= 0.3 is 0 Å². The van der Waals surface area contributed by atoms with Crippen LogP contribution < -0.4 is 11.5 Å². The minimum absolute atomic E-state index is 0.0731. The third-order valence-corrected chi connectivity index (χ3v) is 2.81. The lowest BCUT2D eigenvalue weighted by Gasteiger charge is -2.15. The molecule has 78 valence electrons. The van der Waals surface area contributed by atoms with E-state index in [4.69, 9.17) is 11.5 Å². The zero-order valence-electron chi connectivity index (χ0n) is 8.90. The van der Waals surface area contributed by atoms with Crippen molar-refractivity contribution in [2.24, 2.45) is 11.5 Å². The van der Waals surface area contributed by atoms with Crippen molar-refractivity contribution in [3.05, 3.63) is 47.5 Å². The van der Waals surface area contributed by atoms with Gasteiger partial charge in [-0.25, -0.2) is 0 Å². The second-order valence-corrected chi connectivity index (χ2v) is 3.86. The van der Waals surface area contributed by atoms with Gasteiger partial charge in [-0.15, -0.1) is 0 Å². The van der Waals surface area contributed by atoms with Crippen LogP contribution in [0, 0.1) is 6.92 Å². The highest BCUT2D eigenvalue weighted by Crippen LogP contribution is 2.25. The van der Waals surface area contributed by atoms with E-state index in [1.165, 1.54) is 21.9 Å². The molecule has 2 heteroatoms. The van der Waals surface area contributed by atoms with Crippen molar-refractivity contribution in [2.75, 3.05) is 6.54 Å². The van der Waals surface area contributed by atoms with Gasteiger partial charge in [0.25, 0.3) is 0 Å². The Labute approximate surface area is 89.9 Å². The lowest BCUT2D eigenvalue weighted by molar-refractivity contribution is 0.738. The molecule has 0 spiro atoms. The van der Waals surface area contributed by atoms with E-state index >= 15 is 0 Å². The summed E-state index contributed by atoms with van der Waals surface area (Å²) in [4.78, 5) is 0. The van der Waals surface area contributed by atoms with Gasteiger partial charge < -0.3 is 11.5 Å². The van der Waals surface area contributed by atoms with E-state index in [-0.39, 0.29) is 6.04 Å². The molecule has 0 radical (unpaired) electrons. The van der Waals surface area contributed by atoms with E-state index in [0.717, 1.165) is 0 Å². The van der Waals surface area contributed by atoms with Crippen LogP contribution in [0.25, 0.3) is 10.8 Å². The summed E-state index contributed by atoms with van der Waals surface area (Å²) in [7, 11) is 0. The topological polar surface area (TPSA) is 52.0 Å². The zero-order valence-corrected chi connectivity index (χ0v) is 8.90. The van der Waals surface area contributed by atoms with Gasteiger partial charge in [0.2, 0.25) is 0 Å². The van der Waals surface area contributed by atoms with Crippen LogP contribution >= 0.6 is 0 Å². The number of hydrogen-bond acceptors (Lipinski definition) is 2. The van der Waals surface area contributed by atoms with Crippen LogP contribution in [-0.2, 0) is 0 Å². The zero-order chi connectivity index (χ0) is 10.8. The van der Waals surface area contributed by atoms with Crippen molar-refractivity contribution in [1.29, 1.82) is 0 Å². The van der Waals surface area contributed by atoms with E-state index in [1.54, 1.807) is 0 Å². The van der Waals surface area contributed by atoms with Crippen molar-refractivity contribution in [1.82, 2.24) is 0 Å². The van der Waals surface area contributed by atoms with Gasteiger partial charge in [0.1, 0.15) is 0 Å². The average Bonchev–Trinajstić information content (AvgIpc) is 2.28. The largest absolute Gasteiger partial charge is 0.329 e. The molecule has 0 heterocycles. The van der Waals surface area contributed by atoms with Gasteiger partial charge in [-0.1, -0.05) is 36.4 Å². The molecule has 0 aliphatic carbocycles. The summed E-state index contributed by atoms with van der Waals surface area (Å²) < 4.78 is 0.